The molecular weight excluding hydrogens is 274 g/mol. The normalized spacial score (nSPS) is 19.9. The van der Waals surface area contributed by atoms with E-state index in [1.54, 1.807) is 25.1 Å². The Morgan fingerprint density at radius 1 is 1.30 bits per heavy atom. The summed E-state index contributed by atoms with van der Waals surface area (Å²) in [4.78, 5) is 2.53. The summed E-state index contributed by atoms with van der Waals surface area (Å²) in [5.74, 6) is 0. The molecule has 6 heteroatoms. The molecule has 0 aliphatic carbocycles. The molecule has 0 amide bonds. The summed E-state index contributed by atoms with van der Waals surface area (Å²) in [6, 6.07) is 7.02. The first kappa shape index (κ1) is 15.4. The van der Waals surface area contributed by atoms with Crippen LogP contribution in [-0.4, -0.2) is 45.5 Å². The molecule has 20 heavy (non-hydrogen) atoms. The number of sulfonamides is 1. The third kappa shape index (κ3) is 3.20. The Balaban J connectivity index is 2.25. The number of aryl methyl sites for hydroxylation is 1. The number of hydrogen-bond donors (Lipinski definition) is 2. The highest BCUT2D eigenvalue weighted by molar-refractivity contribution is 7.89. The molecule has 1 saturated heterocycles. The van der Waals surface area contributed by atoms with Gasteiger partial charge in [-0.25, -0.2) is 13.1 Å². The number of rotatable bonds is 4. The minimum Gasteiger partial charge on any atom is -0.329 e. The molecule has 1 fully saturated rings. The SMILES string of the molecule is Cc1ccccc1S(=O)(=O)NC1(CN)CCN(C)CC1. The van der Waals surface area contributed by atoms with Crippen molar-refractivity contribution in [1.29, 1.82) is 0 Å². The van der Waals surface area contributed by atoms with Crippen LogP contribution >= 0.6 is 0 Å². The van der Waals surface area contributed by atoms with Crippen LogP contribution in [0.1, 0.15) is 18.4 Å². The Kier molecular flexibility index (Phi) is 4.49. The summed E-state index contributed by atoms with van der Waals surface area (Å²) >= 11 is 0. The molecule has 0 atom stereocenters. The predicted molar refractivity (Wildman–Crippen MR) is 80.0 cm³/mol. The molecule has 112 valence electrons. The predicted octanol–water partition coefficient (Wildman–Crippen LogP) is 0.696. The second kappa shape index (κ2) is 5.81. The van der Waals surface area contributed by atoms with Crippen LogP contribution in [-0.2, 0) is 10.0 Å². The lowest BCUT2D eigenvalue weighted by atomic mass is 9.89. The van der Waals surface area contributed by atoms with Crippen LogP contribution in [0.4, 0.5) is 0 Å². The molecule has 1 aromatic carbocycles. The third-order valence-electron chi connectivity index (χ3n) is 4.07. The average Bonchev–Trinajstić information content (AvgIpc) is 2.42. The molecule has 5 nitrogen and oxygen atoms in total. The summed E-state index contributed by atoms with van der Waals surface area (Å²) in [6.45, 7) is 3.84. The number of nitrogens with two attached hydrogens (primary N) is 1. The fourth-order valence-corrected chi connectivity index (χ4v) is 4.31. The number of nitrogens with zero attached hydrogens (tertiary/aromatic N) is 1. The van der Waals surface area contributed by atoms with Gasteiger partial charge >= 0.3 is 0 Å². The smallest absolute Gasteiger partial charge is 0.241 e. The third-order valence-corrected chi connectivity index (χ3v) is 5.81. The molecule has 0 unspecified atom stereocenters. The van der Waals surface area contributed by atoms with Crippen LogP contribution in [0.3, 0.4) is 0 Å². The standard InChI is InChI=1S/C14H23N3O2S/c1-12-5-3-4-6-13(12)20(18,19)16-14(11-15)7-9-17(2)10-8-14/h3-6,16H,7-11,15H2,1-2H3. The first-order valence-corrected chi connectivity index (χ1v) is 8.35. The Labute approximate surface area is 121 Å². The Morgan fingerprint density at radius 3 is 2.45 bits per heavy atom. The van der Waals surface area contributed by atoms with E-state index in [-0.39, 0.29) is 0 Å². The summed E-state index contributed by atoms with van der Waals surface area (Å²) in [5.41, 5.74) is 6.09. The van der Waals surface area contributed by atoms with Crippen molar-refractivity contribution in [3.05, 3.63) is 29.8 Å². The van der Waals surface area contributed by atoms with Gasteiger partial charge in [0.05, 0.1) is 4.90 Å². The van der Waals surface area contributed by atoms with Crippen LogP contribution in [0.25, 0.3) is 0 Å². The van der Waals surface area contributed by atoms with E-state index >= 15 is 0 Å². The van der Waals surface area contributed by atoms with Gasteiger partial charge in [0.1, 0.15) is 0 Å². The number of benzene rings is 1. The molecule has 1 aliphatic rings. The topological polar surface area (TPSA) is 75.4 Å². The van der Waals surface area contributed by atoms with Crippen molar-refractivity contribution in [2.24, 2.45) is 5.73 Å². The first-order chi connectivity index (χ1) is 9.38. The van der Waals surface area contributed by atoms with Gasteiger partial charge in [-0.1, -0.05) is 18.2 Å². The summed E-state index contributed by atoms with van der Waals surface area (Å²) in [5, 5.41) is 0. The van der Waals surface area contributed by atoms with Crippen molar-refractivity contribution in [3.8, 4) is 0 Å². The van der Waals surface area contributed by atoms with E-state index in [9.17, 15) is 8.42 Å². The van der Waals surface area contributed by atoms with Gasteiger partial charge in [0.25, 0.3) is 0 Å². The van der Waals surface area contributed by atoms with E-state index in [0.29, 0.717) is 11.4 Å². The van der Waals surface area contributed by atoms with Crippen LogP contribution in [0.15, 0.2) is 29.2 Å². The van der Waals surface area contributed by atoms with Crippen molar-refractivity contribution in [1.82, 2.24) is 9.62 Å². The minimum absolute atomic E-state index is 0.325. The van der Waals surface area contributed by atoms with Crippen molar-refractivity contribution < 1.29 is 8.42 Å². The van der Waals surface area contributed by atoms with Crippen LogP contribution in [0.2, 0.25) is 0 Å². The first-order valence-electron chi connectivity index (χ1n) is 6.87. The maximum Gasteiger partial charge on any atom is 0.241 e. The molecular formula is C14H23N3O2S. The fraction of sp³-hybridized carbons (Fsp3) is 0.571. The van der Waals surface area contributed by atoms with Gasteiger partial charge in [-0.3, -0.25) is 0 Å². The molecule has 0 saturated carbocycles. The molecule has 1 heterocycles. The molecule has 0 bridgehead atoms. The second-order valence-corrected chi connectivity index (χ2v) is 7.31. The van der Waals surface area contributed by atoms with Gasteiger partial charge in [0.15, 0.2) is 0 Å². The molecule has 2 rings (SSSR count). The number of likely N-dealkylation sites (tertiary alicyclic amines) is 1. The van der Waals surface area contributed by atoms with Crippen LogP contribution < -0.4 is 10.5 Å². The Morgan fingerprint density at radius 2 is 1.90 bits per heavy atom. The van der Waals surface area contributed by atoms with E-state index in [4.69, 9.17) is 5.73 Å². The number of nitrogens with one attached hydrogen (secondary N) is 1. The van der Waals surface area contributed by atoms with E-state index < -0.39 is 15.6 Å². The fourth-order valence-electron chi connectivity index (χ4n) is 2.59. The van der Waals surface area contributed by atoms with Gasteiger partial charge in [0, 0.05) is 12.1 Å². The summed E-state index contributed by atoms with van der Waals surface area (Å²) < 4.78 is 28.0. The van der Waals surface area contributed by atoms with Crippen LogP contribution in [0, 0.1) is 6.92 Å². The largest absolute Gasteiger partial charge is 0.329 e. The zero-order chi connectivity index (χ0) is 14.8. The molecule has 3 N–H and O–H groups in total. The van der Waals surface area contributed by atoms with E-state index in [1.807, 2.05) is 13.1 Å². The Hall–Kier alpha value is -0.950. The highest BCUT2D eigenvalue weighted by atomic mass is 32.2. The lowest BCUT2D eigenvalue weighted by molar-refractivity contribution is 0.182. The number of piperidine rings is 1. The van der Waals surface area contributed by atoms with Crippen molar-refractivity contribution in [3.63, 3.8) is 0 Å². The molecule has 0 spiro atoms. The summed E-state index contributed by atoms with van der Waals surface area (Å²) in [6.07, 6.45) is 1.48. The zero-order valence-electron chi connectivity index (χ0n) is 12.1. The lowest BCUT2D eigenvalue weighted by Crippen LogP contribution is -2.58. The number of hydrogen-bond acceptors (Lipinski definition) is 4. The lowest BCUT2D eigenvalue weighted by Gasteiger charge is -2.40. The highest BCUT2D eigenvalue weighted by Gasteiger charge is 2.36. The van der Waals surface area contributed by atoms with Crippen molar-refractivity contribution in [2.75, 3.05) is 26.7 Å². The maximum absolute atomic E-state index is 12.6. The molecule has 0 aromatic heterocycles. The van der Waals surface area contributed by atoms with Gasteiger partial charge in [-0.2, -0.15) is 0 Å². The maximum atomic E-state index is 12.6. The quantitative estimate of drug-likeness (QED) is 0.857. The van der Waals surface area contributed by atoms with Crippen molar-refractivity contribution in [2.45, 2.75) is 30.2 Å². The van der Waals surface area contributed by atoms with E-state index in [1.165, 1.54) is 0 Å². The molecule has 1 aromatic rings. The van der Waals surface area contributed by atoms with Gasteiger partial charge in [0.2, 0.25) is 10.0 Å². The van der Waals surface area contributed by atoms with E-state index in [0.717, 1.165) is 31.5 Å². The average molecular weight is 297 g/mol. The van der Waals surface area contributed by atoms with Gasteiger partial charge in [-0.15, -0.1) is 0 Å². The highest BCUT2D eigenvalue weighted by Crippen LogP contribution is 2.24. The minimum atomic E-state index is -3.53. The van der Waals surface area contributed by atoms with Crippen molar-refractivity contribution >= 4 is 10.0 Å². The van der Waals surface area contributed by atoms with E-state index in [2.05, 4.69) is 9.62 Å². The monoisotopic (exact) mass is 297 g/mol. The molecule has 1 aliphatic heterocycles. The van der Waals surface area contributed by atoms with Gasteiger partial charge in [-0.05, 0) is 51.5 Å². The zero-order valence-corrected chi connectivity index (χ0v) is 12.9. The Bertz CT molecular complexity index is 564. The molecule has 0 radical (unpaired) electrons. The summed E-state index contributed by atoms with van der Waals surface area (Å²) in [7, 11) is -1.49. The van der Waals surface area contributed by atoms with Gasteiger partial charge < -0.3 is 10.6 Å². The van der Waals surface area contributed by atoms with Crippen LogP contribution in [0.5, 0.6) is 0 Å². The second-order valence-electron chi connectivity index (χ2n) is 5.66.